The van der Waals surface area contributed by atoms with Crippen LogP contribution in [0.4, 0.5) is 0 Å². The molecular formula is C17H14N2O3S. The van der Waals surface area contributed by atoms with Crippen molar-refractivity contribution in [3.05, 3.63) is 75.3 Å². The summed E-state index contributed by atoms with van der Waals surface area (Å²) in [4.78, 5) is 23.9. The van der Waals surface area contributed by atoms with Crippen LogP contribution < -0.4 is 5.56 Å². The molecule has 1 N–H and O–H groups in total. The van der Waals surface area contributed by atoms with Gasteiger partial charge >= 0.3 is 5.97 Å². The Balaban J connectivity index is 2.27. The number of benzene rings is 2. The Kier molecular flexibility index (Phi) is 4.08. The Bertz CT molecular complexity index is 990. The first-order chi connectivity index (χ1) is 11.1. The van der Waals surface area contributed by atoms with Crippen molar-refractivity contribution >= 4 is 29.1 Å². The number of nitrogens with zero attached hydrogens (tertiary/aromatic N) is 2. The molecule has 0 fully saturated rings. The van der Waals surface area contributed by atoms with E-state index in [9.17, 15) is 9.59 Å². The normalized spacial score (nSPS) is 10.8. The molecule has 6 heteroatoms. The minimum Gasteiger partial charge on any atom is -0.480 e. The number of rotatable bonds is 4. The van der Waals surface area contributed by atoms with Crippen LogP contribution in [0.5, 0.6) is 0 Å². The number of carbonyl (C=O) groups is 1. The molecule has 1 heterocycles. The van der Waals surface area contributed by atoms with Crippen molar-refractivity contribution in [1.82, 2.24) is 9.13 Å². The summed E-state index contributed by atoms with van der Waals surface area (Å²) in [6, 6.07) is 16.4. The fraction of sp³-hybridized carbons (Fsp3) is 0.118. The molecule has 0 spiro atoms. The Morgan fingerprint density at radius 2 is 1.65 bits per heavy atom. The molecule has 3 aromatic rings. The Morgan fingerprint density at radius 3 is 2.35 bits per heavy atom. The van der Waals surface area contributed by atoms with Crippen molar-refractivity contribution in [2.45, 2.75) is 13.1 Å². The minimum absolute atomic E-state index is 0.208. The molecule has 0 aliphatic rings. The molecule has 2 aromatic carbocycles. The number of carboxylic acids is 1. The van der Waals surface area contributed by atoms with Gasteiger partial charge in [-0.1, -0.05) is 42.5 Å². The van der Waals surface area contributed by atoms with Crippen LogP contribution in [0.25, 0.3) is 10.9 Å². The van der Waals surface area contributed by atoms with Gasteiger partial charge in [0, 0.05) is 0 Å². The molecule has 0 saturated carbocycles. The predicted octanol–water partition coefficient (Wildman–Crippen LogP) is 2.67. The lowest BCUT2D eigenvalue weighted by Crippen LogP contribution is -2.27. The Hall–Kier alpha value is -2.73. The molecule has 116 valence electrons. The van der Waals surface area contributed by atoms with Gasteiger partial charge < -0.3 is 9.67 Å². The maximum Gasteiger partial charge on any atom is 0.323 e. The summed E-state index contributed by atoms with van der Waals surface area (Å²) in [6.45, 7) is 0.0252. The van der Waals surface area contributed by atoms with Crippen molar-refractivity contribution in [3.63, 3.8) is 0 Å². The van der Waals surface area contributed by atoms with E-state index >= 15 is 0 Å². The largest absolute Gasteiger partial charge is 0.480 e. The highest BCUT2D eigenvalue weighted by atomic mass is 32.1. The van der Waals surface area contributed by atoms with E-state index in [4.69, 9.17) is 17.3 Å². The molecule has 0 atom stereocenters. The molecule has 0 unspecified atom stereocenters. The van der Waals surface area contributed by atoms with Gasteiger partial charge in [-0.2, -0.15) is 0 Å². The van der Waals surface area contributed by atoms with Gasteiger partial charge in [-0.05, 0) is 29.9 Å². The van der Waals surface area contributed by atoms with Crippen molar-refractivity contribution in [3.8, 4) is 0 Å². The second kappa shape index (κ2) is 6.18. The fourth-order valence-corrected chi connectivity index (χ4v) is 2.87. The number of para-hydroxylation sites is 1. The van der Waals surface area contributed by atoms with Crippen LogP contribution in [0, 0.1) is 4.77 Å². The smallest absolute Gasteiger partial charge is 0.323 e. The van der Waals surface area contributed by atoms with Gasteiger partial charge in [0.1, 0.15) is 6.54 Å². The Labute approximate surface area is 137 Å². The van der Waals surface area contributed by atoms with Crippen molar-refractivity contribution in [2.75, 3.05) is 0 Å². The number of aromatic nitrogens is 2. The summed E-state index contributed by atoms with van der Waals surface area (Å²) in [6.07, 6.45) is 0. The monoisotopic (exact) mass is 326 g/mol. The third-order valence-electron chi connectivity index (χ3n) is 3.61. The van der Waals surface area contributed by atoms with Crippen LogP contribution in [0.3, 0.4) is 0 Å². The summed E-state index contributed by atoms with van der Waals surface area (Å²) >= 11 is 5.39. The molecule has 5 nitrogen and oxygen atoms in total. The molecule has 1 aromatic heterocycles. The van der Waals surface area contributed by atoms with E-state index in [-0.39, 0.29) is 16.9 Å². The Morgan fingerprint density at radius 1 is 1.00 bits per heavy atom. The molecule has 3 rings (SSSR count). The predicted molar refractivity (Wildman–Crippen MR) is 90.2 cm³/mol. The zero-order valence-corrected chi connectivity index (χ0v) is 13.0. The molecular weight excluding hydrogens is 312 g/mol. The van der Waals surface area contributed by atoms with Gasteiger partial charge in [0.2, 0.25) is 0 Å². The SMILES string of the molecule is O=C(O)Cn1c(=S)n(Cc2ccccc2)c(=O)c2ccccc21. The lowest BCUT2D eigenvalue weighted by atomic mass is 10.2. The standard InChI is InChI=1S/C17H14N2O3S/c20-15(21)11-18-14-9-5-4-8-13(14)16(22)19(17(18)23)10-12-6-2-1-3-7-12/h1-9H,10-11H2,(H,20,21). The van der Waals surface area contributed by atoms with Crippen LogP contribution in [-0.2, 0) is 17.9 Å². The van der Waals surface area contributed by atoms with E-state index in [1.54, 1.807) is 24.3 Å². The highest BCUT2D eigenvalue weighted by Crippen LogP contribution is 2.12. The highest BCUT2D eigenvalue weighted by Gasteiger charge is 2.12. The summed E-state index contributed by atoms with van der Waals surface area (Å²) in [5.41, 5.74) is 1.25. The van der Waals surface area contributed by atoms with Gasteiger partial charge in [0.15, 0.2) is 4.77 Å². The quantitative estimate of drug-likeness (QED) is 0.749. The molecule has 0 saturated heterocycles. The van der Waals surface area contributed by atoms with Gasteiger partial charge in [0.25, 0.3) is 5.56 Å². The second-order valence-corrected chi connectivity index (χ2v) is 5.52. The lowest BCUT2D eigenvalue weighted by molar-refractivity contribution is -0.137. The number of hydrogen-bond acceptors (Lipinski definition) is 3. The zero-order valence-electron chi connectivity index (χ0n) is 12.2. The first-order valence-electron chi connectivity index (χ1n) is 7.06. The van der Waals surface area contributed by atoms with Crippen LogP contribution in [0.15, 0.2) is 59.4 Å². The van der Waals surface area contributed by atoms with E-state index in [1.807, 2.05) is 30.3 Å². The zero-order chi connectivity index (χ0) is 16.4. The minimum atomic E-state index is -1.00. The van der Waals surface area contributed by atoms with Crippen molar-refractivity contribution in [2.24, 2.45) is 0 Å². The van der Waals surface area contributed by atoms with Gasteiger partial charge in [-0.25, -0.2) is 0 Å². The van der Waals surface area contributed by atoms with E-state index < -0.39 is 5.97 Å². The third kappa shape index (κ3) is 2.93. The number of carboxylic acid groups (broad SMARTS) is 1. The summed E-state index contributed by atoms with van der Waals surface area (Å²) < 4.78 is 3.13. The van der Waals surface area contributed by atoms with Crippen LogP contribution in [0.1, 0.15) is 5.56 Å². The van der Waals surface area contributed by atoms with E-state index in [0.717, 1.165) is 5.56 Å². The first kappa shape index (κ1) is 15.2. The highest BCUT2D eigenvalue weighted by molar-refractivity contribution is 7.71. The van der Waals surface area contributed by atoms with Gasteiger partial charge in [-0.15, -0.1) is 0 Å². The molecule has 0 bridgehead atoms. The summed E-state index contributed by atoms with van der Waals surface area (Å²) in [5, 5.41) is 9.60. The topological polar surface area (TPSA) is 64.2 Å². The number of aliphatic carboxylic acids is 1. The maximum absolute atomic E-state index is 12.7. The van der Waals surface area contributed by atoms with E-state index in [0.29, 0.717) is 17.4 Å². The van der Waals surface area contributed by atoms with E-state index in [2.05, 4.69) is 0 Å². The number of fused-ring (bicyclic) bond motifs is 1. The fourth-order valence-electron chi connectivity index (χ4n) is 2.56. The van der Waals surface area contributed by atoms with Crippen molar-refractivity contribution in [1.29, 1.82) is 0 Å². The van der Waals surface area contributed by atoms with Crippen LogP contribution in [0.2, 0.25) is 0 Å². The molecule has 23 heavy (non-hydrogen) atoms. The molecule has 0 aliphatic heterocycles. The van der Waals surface area contributed by atoms with Crippen LogP contribution >= 0.6 is 12.2 Å². The van der Waals surface area contributed by atoms with Gasteiger partial charge in [-0.3, -0.25) is 14.2 Å². The second-order valence-electron chi connectivity index (χ2n) is 5.16. The number of hydrogen-bond donors (Lipinski definition) is 1. The summed E-state index contributed by atoms with van der Waals surface area (Å²) in [7, 11) is 0. The van der Waals surface area contributed by atoms with Crippen molar-refractivity contribution < 1.29 is 9.90 Å². The first-order valence-corrected chi connectivity index (χ1v) is 7.47. The third-order valence-corrected chi connectivity index (χ3v) is 4.05. The molecule has 0 amide bonds. The summed E-state index contributed by atoms with van der Waals surface area (Å²) in [5.74, 6) is -1.00. The molecule has 0 radical (unpaired) electrons. The van der Waals surface area contributed by atoms with Crippen LogP contribution in [-0.4, -0.2) is 20.2 Å². The van der Waals surface area contributed by atoms with Gasteiger partial charge in [0.05, 0.1) is 17.4 Å². The lowest BCUT2D eigenvalue weighted by Gasteiger charge is -2.14. The van der Waals surface area contributed by atoms with E-state index in [1.165, 1.54) is 9.13 Å². The average molecular weight is 326 g/mol. The average Bonchev–Trinajstić information content (AvgIpc) is 2.56. The maximum atomic E-state index is 12.7. The molecule has 0 aliphatic carbocycles.